The summed E-state index contributed by atoms with van der Waals surface area (Å²) in [5.74, 6) is -2.07. The van der Waals surface area contributed by atoms with Gasteiger partial charge >= 0.3 is 5.97 Å². The number of nitrogens with two attached hydrogens (primary N) is 1. The number of hydrogen-bond acceptors (Lipinski definition) is 4. The number of carboxylic acids is 1. The van der Waals surface area contributed by atoms with Crippen LogP contribution in [0.25, 0.3) is 0 Å². The largest absolute Gasteiger partial charge is 0.480 e. The Morgan fingerprint density at radius 2 is 1.79 bits per heavy atom. The molecule has 5 N–H and O–H groups in total. The standard InChI is InChI=1S/C17H25N3O4/c1-2-3-9-13(17(23)24)20-16(22)14(19-15(21)11-18)10-12-7-5-4-6-8-12/h4-8,13-14H,2-3,9-11,18H2,1H3,(H,19,21)(H,20,22)(H,23,24)/t13-,14-/m0/s1. The van der Waals surface area contributed by atoms with E-state index in [4.69, 9.17) is 5.73 Å². The Balaban J connectivity index is 2.81. The van der Waals surface area contributed by atoms with Crippen LogP contribution in [0.5, 0.6) is 0 Å². The van der Waals surface area contributed by atoms with Crippen molar-refractivity contribution >= 4 is 17.8 Å². The van der Waals surface area contributed by atoms with Gasteiger partial charge in [-0.2, -0.15) is 0 Å². The van der Waals surface area contributed by atoms with E-state index in [-0.39, 0.29) is 13.0 Å². The molecule has 7 heteroatoms. The fourth-order valence-electron chi connectivity index (χ4n) is 2.25. The van der Waals surface area contributed by atoms with E-state index in [1.807, 2.05) is 37.3 Å². The number of unbranched alkanes of at least 4 members (excludes halogenated alkanes) is 1. The summed E-state index contributed by atoms with van der Waals surface area (Å²) < 4.78 is 0. The number of carboxylic acid groups (broad SMARTS) is 1. The van der Waals surface area contributed by atoms with Crippen LogP contribution in [0.1, 0.15) is 31.7 Å². The van der Waals surface area contributed by atoms with E-state index in [0.29, 0.717) is 12.8 Å². The Hall–Kier alpha value is -2.41. The minimum atomic E-state index is -1.08. The molecule has 0 bridgehead atoms. The molecule has 132 valence electrons. The van der Waals surface area contributed by atoms with Crippen LogP contribution < -0.4 is 16.4 Å². The molecule has 0 heterocycles. The molecule has 2 atom stereocenters. The summed E-state index contributed by atoms with van der Waals surface area (Å²) in [7, 11) is 0. The van der Waals surface area contributed by atoms with Crippen LogP contribution in [0.3, 0.4) is 0 Å². The molecule has 0 unspecified atom stereocenters. The minimum Gasteiger partial charge on any atom is -0.480 e. The topological polar surface area (TPSA) is 122 Å². The van der Waals surface area contributed by atoms with Crippen molar-refractivity contribution in [1.29, 1.82) is 0 Å². The van der Waals surface area contributed by atoms with Crippen LogP contribution in [-0.2, 0) is 20.8 Å². The number of carbonyl (C=O) groups excluding carboxylic acids is 2. The Morgan fingerprint density at radius 3 is 2.33 bits per heavy atom. The molecule has 1 aromatic carbocycles. The Kier molecular flexibility index (Phi) is 8.49. The highest BCUT2D eigenvalue weighted by atomic mass is 16.4. The summed E-state index contributed by atoms with van der Waals surface area (Å²) in [5, 5.41) is 14.3. The molecule has 24 heavy (non-hydrogen) atoms. The van der Waals surface area contributed by atoms with Crippen LogP contribution in [0, 0.1) is 0 Å². The van der Waals surface area contributed by atoms with Gasteiger partial charge in [0.05, 0.1) is 6.54 Å². The number of carbonyl (C=O) groups is 3. The molecule has 0 fully saturated rings. The van der Waals surface area contributed by atoms with Gasteiger partial charge in [0.25, 0.3) is 0 Å². The third-order valence-corrected chi connectivity index (χ3v) is 3.58. The van der Waals surface area contributed by atoms with Crippen LogP contribution in [-0.4, -0.2) is 41.5 Å². The van der Waals surface area contributed by atoms with Crippen LogP contribution in [0.2, 0.25) is 0 Å². The van der Waals surface area contributed by atoms with Gasteiger partial charge in [-0.05, 0) is 12.0 Å². The van der Waals surface area contributed by atoms with Crippen LogP contribution in [0.4, 0.5) is 0 Å². The summed E-state index contributed by atoms with van der Waals surface area (Å²) >= 11 is 0. The quantitative estimate of drug-likeness (QED) is 0.494. The maximum atomic E-state index is 12.4. The van der Waals surface area contributed by atoms with Gasteiger partial charge in [-0.25, -0.2) is 4.79 Å². The lowest BCUT2D eigenvalue weighted by Gasteiger charge is -2.21. The Labute approximate surface area is 141 Å². The SMILES string of the molecule is CCCC[C@H](NC(=O)[C@H](Cc1ccccc1)NC(=O)CN)C(=O)O. The normalized spacial score (nSPS) is 12.9. The van der Waals surface area contributed by atoms with Gasteiger partial charge in [-0.15, -0.1) is 0 Å². The lowest BCUT2D eigenvalue weighted by atomic mass is 10.0. The van der Waals surface area contributed by atoms with Crippen molar-refractivity contribution in [3.05, 3.63) is 35.9 Å². The summed E-state index contributed by atoms with van der Waals surface area (Å²) in [4.78, 5) is 35.3. The molecule has 0 aliphatic rings. The van der Waals surface area contributed by atoms with E-state index >= 15 is 0 Å². The van der Waals surface area contributed by atoms with E-state index in [1.165, 1.54) is 0 Å². The predicted octanol–water partition coefficient (Wildman–Crippen LogP) is 0.432. The molecular weight excluding hydrogens is 310 g/mol. The average Bonchev–Trinajstić information content (AvgIpc) is 2.58. The molecule has 0 saturated carbocycles. The first-order valence-corrected chi connectivity index (χ1v) is 8.04. The third-order valence-electron chi connectivity index (χ3n) is 3.58. The second-order valence-corrected chi connectivity index (χ2v) is 5.56. The molecule has 2 amide bonds. The highest BCUT2D eigenvalue weighted by Crippen LogP contribution is 2.06. The van der Waals surface area contributed by atoms with Crippen molar-refractivity contribution in [3.8, 4) is 0 Å². The molecule has 0 saturated heterocycles. The van der Waals surface area contributed by atoms with E-state index in [2.05, 4.69) is 10.6 Å². The number of aliphatic carboxylic acids is 1. The second kappa shape index (κ2) is 10.4. The van der Waals surface area contributed by atoms with Crippen molar-refractivity contribution < 1.29 is 19.5 Å². The Morgan fingerprint density at radius 1 is 1.12 bits per heavy atom. The van der Waals surface area contributed by atoms with Crippen molar-refractivity contribution in [2.24, 2.45) is 5.73 Å². The number of rotatable bonds is 10. The smallest absolute Gasteiger partial charge is 0.326 e. The number of benzene rings is 1. The van der Waals surface area contributed by atoms with Gasteiger partial charge in [0.15, 0.2) is 0 Å². The first kappa shape index (κ1) is 19.6. The van der Waals surface area contributed by atoms with E-state index in [0.717, 1.165) is 12.0 Å². The number of hydrogen-bond donors (Lipinski definition) is 4. The van der Waals surface area contributed by atoms with Gasteiger partial charge in [0.2, 0.25) is 11.8 Å². The van der Waals surface area contributed by atoms with E-state index in [9.17, 15) is 19.5 Å². The lowest BCUT2D eigenvalue weighted by molar-refractivity contribution is -0.142. The van der Waals surface area contributed by atoms with E-state index < -0.39 is 29.9 Å². The number of amides is 2. The zero-order valence-corrected chi connectivity index (χ0v) is 13.8. The first-order valence-electron chi connectivity index (χ1n) is 8.04. The first-order chi connectivity index (χ1) is 11.5. The Bertz CT molecular complexity index is 548. The third kappa shape index (κ3) is 6.78. The summed E-state index contributed by atoms with van der Waals surface area (Å²) in [6, 6.07) is 7.34. The summed E-state index contributed by atoms with van der Waals surface area (Å²) in [5.41, 5.74) is 6.15. The molecule has 0 aliphatic heterocycles. The average molecular weight is 335 g/mol. The molecular formula is C17H25N3O4. The second-order valence-electron chi connectivity index (χ2n) is 5.56. The molecule has 1 rings (SSSR count). The molecule has 7 nitrogen and oxygen atoms in total. The van der Waals surface area contributed by atoms with Crippen molar-refractivity contribution in [3.63, 3.8) is 0 Å². The zero-order chi connectivity index (χ0) is 17.9. The molecule has 0 radical (unpaired) electrons. The number of nitrogens with one attached hydrogen (secondary N) is 2. The van der Waals surface area contributed by atoms with Gasteiger partial charge in [-0.1, -0.05) is 50.1 Å². The van der Waals surface area contributed by atoms with E-state index in [1.54, 1.807) is 0 Å². The monoisotopic (exact) mass is 335 g/mol. The summed E-state index contributed by atoms with van der Waals surface area (Å²) in [6.45, 7) is 1.71. The van der Waals surface area contributed by atoms with Crippen LogP contribution >= 0.6 is 0 Å². The molecule has 0 aliphatic carbocycles. The van der Waals surface area contributed by atoms with Gasteiger partial charge in [0, 0.05) is 6.42 Å². The zero-order valence-electron chi connectivity index (χ0n) is 13.8. The molecule has 0 aromatic heterocycles. The highest BCUT2D eigenvalue weighted by molar-refractivity contribution is 5.91. The lowest BCUT2D eigenvalue weighted by Crippen LogP contribution is -2.53. The molecule has 1 aromatic rings. The molecule has 0 spiro atoms. The fourth-order valence-corrected chi connectivity index (χ4v) is 2.25. The maximum absolute atomic E-state index is 12.4. The predicted molar refractivity (Wildman–Crippen MR) is 90.2 cm³/mol. The maximum Gasteiger partial charge on any atom is 0.326 e. The van der Waals surface area contributed by atoms with Gasteiger partial charge in [0.1, 0.15) is 12.1 Å². The van der Waals surface area contributed by atoms with Gasteiger partial charge < -0.3 is 21.5 Å². The fraction of sp³-hybridized carbons (Fsp3) is 0.471. The van der Waals surface area contributed by atoms with Crippen molar-refractivity contribution in [1.82, 2.24) is 10.6 Å². The minimum absolute atomic E-state index is 0.239. The van der Waals surface area contributed by atoms with Crippen LogP contribution in [0.15, 0.2) is 30.3 Å². The van der Waals surface area contributed by atoms with Crippen molar-refractivity contribution in [2.75, 3.05) is 6.54 Å². The van der Waals surface area contributed by atoms with Crippen molar-refractivity contribution in [2.45, 2.75) is 44.7 Å². The summed E-state index contributed by atoms with van der Waals surface area (Å²) in [6.07, 6.45) is 2.13. The van der Waals surface area contributed by atoms with Gasteiger partial charge in [-0.3, -0.25) is 9.59 Å². The highest BCUT2D eigenvalue weighted by Gasteiger charge is 2.26.